The maximum Gasteiger partial charge on any atom is 0.289 e. The lowest BCUT2D eigenvalue weighted by molar-refractivity contribution is 0.0945. The minimum absolute atomic E-state index is 0.134. The van der Waals surface area contributed by atoms with E-state index in [0.29, 0.717) is 17.7 Å². The topological polar surface area (TPSA) is 123 Å². The molecule has 0 radical (unpaired) electrons. The van der Waals surface area contributed by atoms with Crippen molar-refractivity contribution in [3.63, 3.8) is 0 Å². The summed E-state index contributed by atoms with van der Waals surface area (Å²) in [4.78, 5) is 12.4. The number of fused-ring (bicyclic) bond motifs is 1. The van der Waals surface area contributed by atoms with Crippen LogP contribution >= 0.6 is 0 Å². The molecule has 1 aromatic carbocycles. The Morgan fingerprint density at radius 1 is 0.971 bits per heavy atom. The monoisotopic (exact) mass is 505 g/mol. The van der Waals surface area contributed by atoms with Crippen molar-refractivity contribution in [2.75, 3.05) is 18.6 Å². The number of carbonyl (C=O) groups is 1. The number of nitrogens with one attached hydrogen (secondary N) is 1. The smallest absolute Gasteiger partial charge is 0.289 e. The number of nitrogens with zero attached hydrogens (tertiary/aromatic N) is 2. The number of hydrogen-bond acceptors (Lipinski definition) is 7. The summed E-state index contributed by atoms with van der Waals surface area (Å²) in [5, 5.41) is 3.93. The van der Waals surface area contributed by atoms with Crippen molar-refractivity contribution in [2.45, 2.75) is 36.5 Å². The van der Waals surface area contributed by atoms with Crippen LogP contribution in [0.4, 0.5) is 0 Å². The third-order valence-electron chi connectivity index (χ3n) is 5.03. The molecule has 2 heterocycles. The SMILES string of the molecule is CCCS(=O)(=O)c1c(S(=O)(=O)CCC)c2ccccn2c1C(=O)N/N=C/c1ccc(OC)cc1. The van der Waals surface area contributed by atoms with Crippen molar-refractivity contribution in [2.24, 2.45) is 5.10 Å². The average Bonchev–Trinajstić information content (AvgIpc) is 3.17. The lowest BCUT2D eigenvalue weighted by Crippen LogP contribution is -2.23. The van der Waals surface area contributed by atoms with Crippen LogP contribution in [0.5, 0.6) is 5.75 Å². The summed E-state index contributed by atoms with van der Waals surface area (Å²) in [6.45, 7) is 3.37. The lowest BCUT2D eigenvalue weighted by Gasteiger charge is -2.08. The van der Waals surface area contributed by atoms with Crippen molar-refractivity contribution in [3.8, 4) is 5.75 Å². The van der Waals surface area contributed by atoms with Gasteiger partial charge in [-0.15, -0.1) is 0 Å². The van der Waals surface area contributed by atoms with Gasteiger partial charge in [-0.2, -0.15) is 5.10 Å². The fourth-order valence-electron chi connectivity index (χ4n) is 3.61. The van der Waals surface area contributed by atoms with Gasteiger partial charge >= 0.3 is 0 Å². The Kier molecular flexibility index (Phi) is 7.78. The van der Waals surface area contributed by atoms with Crippen LogP contribution in [0.15, 0.2) is 63.6 Å². The number of methoxy groups -OCH3 is 1. The first-order valence-corrected chi connectivity index (χ1v) is 14.0. The molecular formula is C23H27N3O6S2. The van der Waals surface area contributed by atoms with E-state index >= 15 is 0 Å². The zero-order chi connectivity index (χ0) is 24.9. The van der Waals surface area contributed by atoms with E-state index in [1.165, 1.54) is 22.9 Å². The van der Waals surface area contributed by atoms with Gasteiger partial charge in [0.15, 0.2) is 19.7 Å². The highest BCUT2D eigenvalue weighted by Gasteiger charge is 2.36. The largest absolute Gasteiger partial charge is 0.497 e. The van der Waals surface area contributed by atoms with Crippen molar-refractivity contribution < 1.29 is 26.4 Å². The van der Waals surface area contributed by atoms with Gasteiger partial charge in [-0.3, -0.25) is 4.79 Å². The normalized spacial score (nSPS) is 12.3. The summed E-state index contributed by atoms with van der Waals surface area (Å²) in [5.74, 6) is -0.716. The summed E-state index contributed by atoms with van der Waals surface area (Å²) >= 11 is 0. The molecule has 0 aliphatic carbocycles. The second-order valence-corrected chi connectivity index (χ2v) is 11.7. The molecule has 2 aromatic heterocycles. The number of aromatic nitrogens is 1. The van der Waals surface area contributed by atoms with E-state index in [-0.39, 0.29) is 34.0 Å². The molecule has 3 aromatic rings. The number of carbonyl (C=O) groups excluding carboxylic acids is 1. The highest BCUT2D eigenvalue weighted by atomic mass is 32.2. The van der Waals surface area contributed by atoms with E-state index in [9.17, 15) is 21.6 Å². The molecule has 0 bridgehead atoms. The van der Waals surface area contributed by atoms with E-state index in [4.69, 9.17) is 4.74 Å². The number of sulfone groups is 2. The zero-order valence-electron chi connectivity index (χ0n) is 19.2. The Labute approximate surface area is 199 Å². The summed E-state index contributed by atoms with van der Waals surface area (Å²) in [6.07, 6.45) is 3.42. The molecule has 0 atom stereocenters. The van der Waals surface area contributed by atoms with Crippen LogP contribution < -0.4 is 10.2 Å². The minimum Gasteiger partial charge on any atom is -0.497 e. The number of benzene rings is 1. The Balaban J connectivity index is 2.15. The molecule has 1 N–H and O–H groups in total. The van der Waals surface area contributed by atoms with E-state index < -0.39 is 30.5 Å². The zero-order valence-corrected chi connectivity index (χ0v) is 20.8. The number of amides is 1. The van der Waals surface area contributed by atoms with Gasteiger partial charge in [0.1, 0.15) is 21.2 Å². The van der Waals surface area contributed by atoms with Crippen LogP contribution in [0.2, 0.25) is 0 Å². The van der Waals surface area contributed by atoms with Crippen molar-refractivity contribution in [1.29, 1.82) is 0 Å². The fraction of sp³-hybridized carbons (Fsp3) is 0.304. The predicted octanol–water partition coefficient (Wildman–Crippen LogP) is 3.08. The first-order chi connectivity index (χ1) is 16.2. The van der Waals surface area contributed by atoms with Crippen LogP contribution in [0.1, 0.15) is 42.7 Å². The number of pyridine rings is 1. The molecule has 3 rings (SSSR count). The maximum absolute atomic E-state index is 13.2. The molecule has 0 fully saturated rings. The van der Waals surface area contributed by atoms with Crippen LogP contribution in [0.3, 0.4) is 0 Å². The highest BCUT2D eigenvalue weighted by molar-refractivity contribution is 7.94. The van der Waals surface area contributed by atoms with E-state index in [0.717, 1.165) is 0 Å². The van der Waals surface area contributed by atoms with Gasteiger partial charge in [-0.1, -0.05) is 19.9 Å². The Hall–Kier alpha value is -3.18. The van der Waals surface area contributed by atoms with Crippen LogP contribution in [0, 0.1) is 0 Å². The van der Waals surface area contributed by atoms with Crippen molar-refractivity contribution in [3.05, 3.63) is 59.9 Å². The van der Waals surface area contributed by atoms with Gasteiger partial charge < -0.3 is 9.14 Å². The van der Waals surface area contributed by atoms with E-state index in [2.05, 4.69) is 10.5 Å². The summed E-state index contributed by atoms with van der Waals surface area (Å²) in [7, 11) is -6.53. The number of rotatable bonds is 10. The Morgan fingerprint density at radius 2 is 1.59 bits per heavy atom. The number of hydrogen-bond donors (Lipinski definition) is 1. The number of ether oxygens (including phenoxy) is 1. The molecule has 34 heavy (non-hydrogen) atoms. The van der Waals surface area contributed by atoms with Crippen molar-refractivity contribution in [1.82, 2.24) is 9.83 Å². The molecule has 0 aliphatic heterocycles. The lowest BCUT2D eigenvalue weighted by atomic mass is 10.2. The third-order valence-corrected chi connectivity index (χ3v) is 9.11. The third kappa shape index (κ3) is 5.15. The molecule has 0 spiro atoms. The second kappa shape index (κ2) is 10.4. The van der Waals surface area contributed by atoms with E-state index in [1.807, 2.05) is 0 Å². The molecule has 182 valence electrons. The second-order valence-electron chi connectivity index (χ2n) is 7.57. The van der Waals surface area contributed by atoms with Crippen LogP contribution in [-0.2, 0) is 19.7 Å². The summed E-state index contributed by atoms with van der Waals surface area (Å²) < 4.78 is 59.2. The van der Waals surface area contributed by atoms with Gasteiger partial charge in [0, 0.05) is 6.20 Å². The summed E-state index contributed by atoms with van der Waals surface area (Å²) in [5.41, 5.74) is 2.86. The Morgan fingerprint density at radius 3 is 2.18 bits per heavy atom. The van der Waals surface area contributed by atoms with E-state index in [1.54, 1.807) is 57.4 Å². The molecule has 0 saturated carbocycles. The predicted molar refractivity (Wildman–Crippen MR) is 130 cm³/mol. The van der Waals surface area contributed by atoms with Gasteiger partial charge in [0.2, 0.25) is 0 Å². The Bertz CT molecular complexity index is 1420. The molecule has 1 amide bonds. The fourth-order valence-corrected chi connectivity index (χ4v) is 7.59. The van der Waals surface area contributed by atoms with Crippen LogP contribution in [-0.4, -0.2) is 52.0 Å². The molecule has 11 heteroatoms. The van der Waals surface area contributed by atoms with Gasteiger partial charge in [0.25, 0.3) is 5.91 Å². The molecular weight excluding hydrogens is 478 g/mol. The molecule has 0 saturated heterocycles. The summed E-state index contributed by atoms with van der Waals surface area (Å²) in [6, 6.07) is 11.6. The molecule has 0 unspecified atom stereocenters. The molecule has 9 nitrogen and oxygen atoms in total. The standard InChI is InChI=1S/C23H27N3O6S2/c1-4-14-33(28,29)21-19-8-6-7-13-26(19)20(22(21)34(30,31)15-5-2)23(27)25-24-16-17-9-11-18(32-3)12-10-17/h6-13,16H,4-5,14-15H2,1-3H3,(H,25,27)/b24-16+. The first kappa shape index (κ1) is 25.4. The van der Waals surface area contributed by atoms with Gasteiger partial charge in [0.05, 0.1) is 30.3 Å². The number of hydrazone groups is 1. The quantitative estimate of drug-likeness (QED) is 0.334. The highest BCUT2D eigenvalue weighted by Crippen LogP contribution is 2.34. The van der Waals surface area contributed by atoms with Gasteiger partial charge in [-0.25, -0.2) is 22.3 Å². The average molecular weight is 506 g/mol. The maximum atomic E-state index is 13.2. The van der Waals surface area contributed by atoms with Crippen molar-refractivity contribution >= 4 is 37.3 Å². The first-order valence-electron chi connectivity index (χ1n) is 10.7. The van der Waals surface area contributed by atoms with Gasteiger partial charge in [-0.05, 0) is 54.8 Å². The van der Waals surface area contributed by atoms with Crippen LogP contribution in [0.25, 0.3) is 5.52 Å². The minimum atomic E-state index is -4.09. The molecule has 0 aliphatic rings.